The highest BCUT2D eigenvalue weighted by Crippen LogP contribution is 2.25. The molecule has 19 heavy (non-hydrogen) atoms. The largest absolute Gasteiger partial charge is 0.476 e. The summed E-state index contributed by atoms with van der Waals surface area (Å²) in [5.74, 6) is -1.05. The lowest BCUT2D eigenvalue weighted by Gasteiger charge is -2.07. The molecule has 1 aromatic carbocycles. The summed E-state index contributed by atoms with van der Waals surface area (Å²) in [7, 11) is 0. The van der Waals surface area contributed by atoms with Crippen molar-refractivity contribution >= 4 is 16.9 Å². The zero-order chi connectivity index (χ0) is 13.2. The Hall–Kier alpha value is -2.75. The van der Waals surface area contributed by atoms with Crippen LogP contribution in [-0.4, -0.2) is 21.0 Å². The van der Waals surface area contributed by atoms with E-state index in [-0.39, 0.29) is 5.69 Å². The Morgan fingerprint density at radius 3 is 2.58 bits per heavy atom. The van der Waals surface area contributed by atoms with Gasteiger partial charge in [0.25, 0.3) is 0 Å². The molecule has 4 heteroatoms. The lowest BCUT2D eigenvalue weighted by Crippen LogP contribution is -2.04. The summed E-state index contributed by atoms with van der Waals surface area (Å²) in [4.78, 5) is 19.8. The summed E-state index contributed by atoms with van der Waals surface area (Å²) in [5, 5.41) is 10.2. The lowest BCUT2D eigenvalue weighted by atomic mass is 10.1. The van der Waals surface area contributed by atoms with Crippen LogP contribution in [-0.2, 0) is 0 Å². The minimum atomic E-state index is -1.05. The van der Waals surface area contributed by atoms with E-state index >= 15 is 0 Å². The fourth-order valence-electron chi connectivity index (χ4n) is 2.00. The second kappa shape index (κ2) is 4.49. The second-order valence-corrected chi connectivity index (χ2v) is 4.10. The zero-order valence-electron chi connectivity index (χ0n) is 9.95. The Balaban J connectivity index is 2.33. The van der Waals surface area contributed by atoms with E-state index in [0.29, 0.717) is 16.8 Å². The molecular weight excluding hydrogens is 240 g/mol. The average Bonchev–Trinajstić information content (AvgIpc) is 2.46. The smallest absolute Gasteiger partial charge is 0.355 e. The summed E-state index contributed by atoms with van der Waals surface area (Å²) in [5.41, 5.74) is 1.84. The van der Waals surface area contributed by atoms with E-state index in [0.717, 1.165) is 5.39 Å². The predicted molar refractivity (Wildman–Crippen MR) is 71.9 cm³/mol. The van der Waals surface area contributed by atoms with Crippen molar-refractivity contribution in [3.63, 3.8) is 0 Å². The van der Waals surface area contributed by atoms with Crippen molar-refractivity contribution in [2.45, 2.75) is 0 Å². The van der Waals surface area contributed by atoms with Gasteiger partial charge in [-0.25, -0.2) is 9.78 Å². The Labute approximate surface area is 109 Å². The summed E-state index contributed by atoms with van der Waals surface area (Å²) >= 11 is 0. The molecule has 0 saturated carbocycles. The van der Waals surface area contributed by atoms with Gasteiger partial charge in [0.05, 0.1) is 11.2 Å². The van der Waals surface area contributed by atoms with Crippen molar-refractivity contribution in [1.29, 1.82) is 0 Å². The molecule has 0 unspecified atom stereocenters. The topological polar surface area (TPSA) is 63.1 Å². The van der Waals surface area contributed by atoms with E-state index in [9.17, 15) is 9.90 Å². The fraction of sp³-hybridized carbons (Fsp3) is 0. The number of aromatic nitrogens is 2. The van der Waals surface area contributed by atoms with Gasteiger partial charge < -0.3 is 5.11 Å². The predicted octanol–water partition coefficient (Wildman–Crippen LogP) is 3.00. The number of hydrogen-bond acceptors (Lipinski definition) is 3. The van der Waals surface area contributed by atoms with Gasteiger partial charge in [0.2, 0.25) is 0 Å². The Morgan fingerprint density at radius 1 is 1.05 bits per heavy atom. The van der Waals surface area contributed by atoms with Gasteiger partial charge >= 0.3 is 5.97 Å². The summed E-state index contributed by atoms with van der Waals surface area (Å²) in [6.07, 6.45) is 1.64. The molecule has 3 aromatic rings. The van der Waals surface area contributed by atoms with Crippen LogP contribution in [0.25, 0.3) is 22.2 Å². The molecule has 2 aromatic heterocycles. The SMILES string of the molecule is O=C(O)c1nc2ccccc2cc1-c1ccccn1. The molecule has 92 valence electrons. The standard InChI is InChI=1S/C15H10N2O2/c18-15(19)14-11(13-7-3-4-8-16-13)9-10-5-1-2-6-12(10)17-14/h1-9H,(H,18,19). The van der Waals surface area contributed by atoms with Crippen LogP contribution >= 0.6 is 0 Å². The average molecular weight is 250 g/mol. The van der Waals surface area contributed by atoms with E-state index in [1.165, 1.54) is 0 Å². The van der Waals surface area contributed by atoms with E-state index in [1.807, 2.05) is 30.3 Å². The fourth-order valence-corrected chi connectivity index (χ4v) is 2.00. The zero-order valence-corrected chi connectivity index (χ0v) is 9.95. The molecule has 4 nitrogen and oxygen atoms in total. The van der Waals surface area contributed by atoms with Gasteiger partial charge in [0, 0.05) is 17.1 Å². The van der Waals surface area contributed by atoms with Crippen LogP contribution in [0.3, 0.4) is 0 Å². The van der Waals surface area contributed by atoms with Gasteiger partial charge in [-0.15, -0.1) is 0 Å². The first-order valence-electron chi connectivity index (χ1n) is 5.80. The molecule has 0 aliphatic carbocycles. The Bertz CT molecular complexity index is 754. The molecule has 1 N–H and O–H groups in total. The number of pyridine rings is 2. The van der Waals surface area contributed by atoms with Gasteiger partial charge in [-0.1, -0.05) is 24.3 Å². The summed E-state index contributed by atoms with van der Waals surface area (Å²) < 4.78 is 0. The first kappa shape index (κ1) is 11.3. The molecule has 0 aliphatic rings. The third-order valence-electron chi connectivity index (χ3n) is 2.87. The van der Waals surface area contributed by atoms with Gasteiger partial charge in [-0.05, 0) is 24.3 Å². The highest BCUT2D eigenvalue weighted by molar-refractivity contribution is 5.97. The summed E-state index contributed by atoms with van der Waals surface area (Å²) in [6, 6.07) is 14.6. The van der Waals surface area contributed by atoms with E-state index in [2.05, 4.69) is 9.97 Å². The molecule has 0 atom stereocenters. The number of para-hydroxylation sites is 1. The highest BCUT2D eigenvalue weighted by atomic mass is 16.4. The van der Waals surface area contributed by atoms with Gasteiger partial charge in [0.1, 0.15) is 0 Å². The first-order chi connectivity index (χ1) is 9.25. The maximum atomic E-state index is 11.3. The van der Waals surface area contributed by atoms with Crippen LogP contribution in [0.15, 0.2) is 54.7 Å². The molecule has 0 spiro atoms. The third-order valence-corrected chi connectivity index (χ3v) is 2.87. The number of aromatic carboxylic acids is 1. The minimum Gasteiger partial charge on any atom is -0.476 e. The third kappa shape index (κ3) is 2.04. The Morgan fingerprint density at radius 2 is 1.84 bits per heavy atom. The number of carboxylic acids is 1. The normalized spacial score (nSPS) is 10.5. The maximum Gasteiger partial charge on any atom is 0.355 e. The van der Waals surface area contributed by atoms with Gasteiger partial charge in [-0.2, -0.15) is 0 Å². The number of fused-ring (bicyclic) bond motifs is 1. The van der Waals surface area contributed by atoms with Crippen LogP contribution in [0.1, 0.15) is 10.5 Å². The minimum absolute atomic E-state index is 0.0254. The van der Waals surface area contributed by atoms with Crippen LogP contribution in [0.2, 0.25) is 0 Å². The van der Waals surface area contributed by atoms with E-state index in [4.69, 9.17) is 0 Å². The molecule has 3 rings (SSSR count). The monoisotopic (exact) mass is 250 g/mol. The molecule has 0 saturated heterocycles. The van der Waals surface area contributed by atoms with Crippen molar-refractivity contribution < 1.29 is 9.90 Å². The summed E-state index contributed by atoms with van der Waals surface area (Å²) in [6.45, 7) is 0. The molecule has 0 amide bonds. The number of hydrogen-bond donors (Lipinski definition) is 1. The van der Waals surface area contributed by atoms with Crippen molar-refractivity contribution in [2.24, 2.45) is 0 Å². The van der Waals surface area contributed by atoms with Crippen LogP contribution < -0.4 is 0 Å². The van der Waals surface area contributed by atoms with Gasteiger partial charge in [-0.3, -0.25) is 4.98 Å². The molecule has 0 aliphatic heterocycles. The second-order valence-electron chi connectivity index (χ2n) is 4.10. The molecule has 0 radical (unpaired) electrons. The highest BCUT2D eigenvalue weighted by Gasteiger charge is 2.15. The quantitative estimate of drug-likeness (QED) is 0.759. The number of benzene rings is 1. The van der Waals surface area contributed by atoms with Crippen LogP contribution in [0, 0.1) is 0 Å². The van der Waals surface area contributed by atoms with Crippen molar-refractivity contribution in [3.05, 3.63) is 60.4 Å². The van der Waals surface area contributed by atoms with Gasteiger partial charge in [0.15, 0.2) is 5.69 Å². The van der Waals surface area contributed by atoms with Crippen molar-refractivity contribution in [1.82, 2.24) is 9.97 Å². The molecule has 2 heterocycles. The molecule has 0 bridgehead atoms. The van der Waals surface area contributed by atoms with Crippen LogP contribution in [0.4, 0.5) is 0 Å². The van der Waals surface area contributed by atoms with Crippen molar-refractivity contribution in [3.8, 4) is 11.3 Å². The van der Waals surface area contributed by atoms with E-state index in [1.54, 1.807) is 24.4 Å². The number of nitrogens with zero attached hydrogens (tertiary/aromatic N) is 2. The van der Waals surface area contributed by atoms with Crippen LogP contribution in [0.5, 0.6) is 0 Å². The number of carboxylic acid groups (broad SMARTS) is 1. The first-order valence-corrected chi connectivity index (χ1v) is 5.80. The Kier molecular flexibility index (Phi) is 2.68. The number of carbonyl (C=O) groups is 1. The lowest BCUT2D eigenvalue weighted by molar-refractivity contribution is 0.0692. The molecular formula is C15H10N2O2. The maximum absolute atomic E-state index is 11.3. The molecule has 0 fully saturated rings. The van der Waals surface area contributed by atoms with E-state index < -0.39 is 5.97 Å². The van der Waals surface area contributed by atoms with Crippen molar-refractivity contribution in [2.75, 3.05) is 0 Å². The number of rotatable bonds is 2.